The van der Waals surface area contributed by atoms with Gasteiger partial charge in [0.25, 0.3) is 0 Å². The number of unbranched alkanes of at least 4 members (excludes halogenated alkanes) is 4. The number of nitrogens with one attached hydrogen (secondary N) is 1. The van der Waals surface area contributed by atoms with Crippen LogP contribution < -0.4 is 0 Å². The first-order valence-electron chi connectivity index (χ1n) is 14.8. The molecule has 1 N–H and O–H groups in total. The van der Waals surface area contributed by atoms with Crippen LogP contribution in [0.3, 0.4) is 0 Å². The summed E-state index contributed by atoms with van der Waals surface area (Å²) in [6.07, 6.45) is 6.79. The van der Waals surface area contributed by atoms with Gasteiger partial charge >= 0.3 is 0 Å². The van der Waals surface area contributed by atoms with Crippen LogP contribution in [0.25, 0.3) is 10.9 Å². The first-order chi connectivity index (χ1) is 22.0. The van der Waals surface area contributed by atoms with Gasteiger partial charge in [0.2, 0.25) is 15.1 Å². The summed E-state index contributed by atoms with van der Waals surface area (Å²) >= 11 is 6.13. The summed E-state index contributed by atoms with van der Waals surface area (Å²) in [5, 5.41) is 1.75. The highest BCUT2D eigenvalue weighted by atomic mass is 35.5. The van der Waals surface area contributed by atoms with E-state index in [-0.39, 0.29) is 24.8 Å². The molecule has 0 radical (unpaired) electrons. The molecule has 0 saturated carbocycles. The number of benzene rings is 2. The lowest BCUT2D eigenvalue weighted by Crippen LogP contribution is -2.40. The molecule has 0 saturated heterocycles. The molecule has 0 fully saturated rings. The van der Waals surface area contributed by atoms with Gasteiger partial charge in [0.05, 0.1) is 34.7 Å². The molecule has 3 aromatic rings. The number of hydrogen-bond donors (Lipinski definition) is 1. The van der Waals surface area contributed by atoms with Crippen molar-refractivity contribution in [2.45, 2.75) is 64.8 Å². The Balaban J connectivity index is 0.000000875. The van der Waals surface area contributed by atoms with Gasteiger partial charge in [0, 0.05) is 34.6 Å². The largest absolute Gasteiger partial charge is 0.356 e. The Labute approximate surface area is 271 Å². The number of H-pyrrole nitrogens is 1. The third-order valence-corrected chi connectivity index (χ3v) is 11.2. The number of para-hydroxylation sites is 1. The number of hydrogen-bond acceptors (Lipinski definition) is 11. The Morgan fingerprint density at radius 2 is 1.52 bits per heavy atom. The quantitative estimate of drug-likeness (QED) is 0.0951. The molecule has 1 atom stereocenters. The Bertz CT molecular complexity index is 1600. The zero-order valence-electron chi connectivity index (χ0n) is 25.8. The maximum Gasteiger partial charge on any atom is 0.243 e. The average Bonchev–Trinajstić information content (AvgIpc) is 3.46. The number of amides is 1. The van der Waals surface area contributed by atoms with Crippen molar-refractivity contribution in [3.8, 4) is 0 Å². The number of fused-ring (bicyclic) bond motifs is 3. The highest BCUT2D eigenvalue weighted by Gasteiger charge is 2.71. The number of carbonyl (C=O) groups excluding carboxylic acids is 1. The van der Waals surface area contributed by atoms with Gasteiger partial charge in [-0.3, -0.25) is 4.79 Å². The lowest BCUT2D eigenvalue weighted by Gasteiger charge is -2.45. The summed E-state index contributed by atoms with van der Waals surface area (Å²) in [6.45, 7) is 8.17. The topological polar surface area (TPSA) is 183 Å². The summed E-state index contributed by atoms with van der Waals surface area (Å²) in [4.78, 5) is 75.0. The molecule has 46 heavy (non-hydrogen) atoms. The van der Waals surface area contributed by atoms with Crippen LogP contribution in [0.5, 0.6) is 0 Å². The second kappa shape index (κ2) is 14.8. The smallest absolute Gasteiger partial charge is 0.243 e. The van der Waals surface area contributed by atoms with Gasteiger partial charge in [-0.2, -0.15) is 0 Å². The van der Waals surface area contributed by atoms with Crippen LogP contribution >= 0.6 is 20.8 Å². The Morgan fingerprint density at radius 3 is 2.09 bits per heavy atom. The molecule has 0 bridgehead atoms. The number of nitroso groups, excluding NO2 is 5. The Morgan fingerprint density at radius 1 is 0.935 bits per heavy atom. The van der Waals surface area contributed by atoms with E-state index in [0.717, 1.165) is 34.2 Å². The highest BCUT2D eigenvalue weighted by Crippen LogP contribution is 2.95. The predicted octanol–water partition coefficient (Wildman–Crippen LogP) is 10.1. The zero-order chi connectivity index (χ0) is 33.9. The van der Waals surface area contributed by atoms with Crippen molar-refractivity contribution in [3.05, 3.63) is 119 Å². The van der Waals surface area contributed by atoms with Gasteiger partial charge in [0.1, 0.15) is 0 Å². The molecule has 0 spiro atoms. The molecule has 1 aliphatic rings. The van der Waals surface area contributed by atoms with Crippen molar-refractivity contribution in [2.75, 3.05) is 12.3 Å². The van der Waals surface area contributed by atoms with E-state index in [4.69, 9.17) is 11.6 Å². The second-order valence-electron chi connectivity index (χ2n) is 11.3. The third kappa shape index (κ3) is 7.18. The predicted molar refractivity (Wildman–Crippen MR) is 186 cm³/mol. The maximum absolute atomic E-state index is 13.4. The normalized spacial score (nSPS) is 15.9. The van der Waals surface area contributed by atoms with E-state index in [9.17, 15) is 29.3 Å². The van der Waals surface area contributed by atoms with Crippen molar-refractivity contribution >= 4 is 37.6 Å². The lowest BCUT2D eigenvalue weighted by atomic mass is 9.92. The zero-order valence-corrected chi connectivity index (χ0v) is 27.4. The van der Waals surface area contributed by atoms with Crippen molar-refractivity contribution in [3.63, 3.8) is 0 Å². The Hall–Kier alpha value is -4.43. The summed E-state index contributed by atoms with van der Waals surface area (Å²) in [6, 6.07) is 15.2. The van der Waals surface area contributed by atoms with Crippen molar-refractivity contribution in [2.24, 2.45) is 22.9 Å². The van der Waals surface area contributed by atoms with Gasteiger partial charge in [-0.25, -0.2) is 0 Å². The van der Waals surface area contributed by atoms with Crippen LogP contribution in [-0.2, 0) is 11.2 Å². The molecule has 246 valence electrons. The average molecular weight is 672 g/mol. The van der Waals surface area contributed by atoms with E-state index in [1.165, 1.54) is 5.56 Å². The minimum atomic E-state index is -6.62. The standard InChI is InChI=1S/C25H28ClN7O6S.C6H10/c26-19-13-11-18(12-14-19)25-24-21(20-8-5-6-9-22(20)27-24)15-16-33(25)23(34)10-4-2-1-3-7-17-40(28-35,29-36,30-37,31-38)32-39;1-4-5-6(2)3/h5-6,8-9,11-14,25,27H,1-4,7,10,15-17H2;4-5H,2H2,1,3H3/b;5-4-. The van der Waals surface area contributed by atoms with Gasteiger partial charge in [-0.05, 0) is 62.4 Å². The van der Waals surface area contributed by atoms with Gasteiger partial charge in [-0.15, -0.1) is 24.5 Å². The molecule has 15 heteroatoms. The van der Waals surface area contributed by atoms with E-state index in [0.29, 0.717) is 37.3 Å². The molecule has 2 heterocycles. The Kier molecular flexibility index (Phi) is 11.6. The molecule has 0 aliphatic carbocycles. The fourth-order valence-corrected chi connectivity index (χ4v) is 7.10. The van der Waals surface area contributed by atoms with Crippen LogP contribution in [0.1, 0.15) is 75.2 Å². The molecule has 13 nitrogen and oxygen atoms in total. The first kappa shape index (κ1) is 36.0. The van der Waals surface area contributed by atoms with Crippen molar-refractivity contribution < 1.29 is 4.79 Å². The van der Waals surface area contributed by atoms with Gasteiger partial charge in [-0.1, -0.05) is 85.5 Å². The van der Waals surface area contributed by atoms with E-state index < -0.39 is 15.0 Å². The molecule has 1 unspecified atom stereocenters. The van der Waals surface area contributed by atoms with Crippen LogP contribution in [0.4, 0.5) is 0 Å². The SMILES string of the molecule is C=C(C)/C=C\C.O=NS(CCCCCCCC(=O)N1CCc2c([nH]c3ccccc23)C1c1ccc(Cl)cc1)(N=O)(N=O)(N=O)N=O. The number of nitrogens with zero attached hydrogens (tertiary/aromatic N) is 6. The number of allylic oxidation sites excluding steroid dienone is 3. The fraction of sp³-hybridized carbons (Fsp3) is 0.387. The summed E-state index contributed by atoms with van der Waals surface area (Å²) in [5.41, 5.74) is 5.26. The van der Waals surface area contributed by atoms with E-state index in [2.05, 4.69) is 40.5 Å². The molecule has 2 aromatic carbocycles. The number of aromatic nitrogens is 1. The first-order valence-corrected chi connectivity index (χ1v) is 17.6. The van der Waals surface area contributed by atoms with Crippen LogP contribution in [0.2, 0.25) is 5.02 Å². The molecule has 1 amide bonds. The van der Waals surface area contributed by atoms with E-state index in [1.807, 2.05) is 73.4 Å². The third-order valence-electron chi connectivity index (χ3n) is 7.91. The second-order valence-corrected chi connectivity index (χ2v) is 15.8. The number of aromatic amines is 1. The van der Waals surface area contributed by atoms with E-state index >= 15 is 0 Å². The minimum absolute atomic E-state index is 0.0109. The highest BCUT2D eigenvalue weighted by molar-refractivity contribution is 8.59. The summed E-state index contributed by atoms with van der Waals surface area (Å²) < 4.78 is 10.6. The van der Waals surface area contributed by atoms with Crippen LogP contribution in [0.15, 0.2) is 95.7 Å². The van der Waals surface area contributed by atoms with Gasteiger partial charge < -0.3 is 9.88 Å². The minimum Gasteiger partial charge on any atom is -0.356 e. The van der Waals surface area contributed by atoms with Crippen LogP contribution in [-0.4, -0.2) is 28.1 Å². The molecular weight excluding hydrogens is 634 g/mol. The molecule has 4 rings (SSSR count). The van der Waals surface area contributed by atoms with Crippen molar-refractivity contribution in [1.82, 2.24) is 9.88 Å². The van der Waals surface area contributed by atoms with Gasteiger partial charge in [0.15, 0.2) is 0 Å². The number of halogens is 1. The maximum atomic E-state index is 13.4. The summed E-state index contributed by atoms with van der Waals surface area (Å²) in [7, 11) is -6.62. The molecule has 1 aliphatic heterocycles. The molecular formula is C31H38ClN7O6S. The monoisotopic (exact) mass is 671 g/mol. The van der Waals surface area contributed by atoms with Crippen LogP contribution in [0, 0.1) is 24.5 Å². The number of rotatable bonds is 15. The number of carbonyl (C=O) groups is 1. The van der Waals surface area contributed by atoms with E-state index in [1.54, 1.807) is 0 Å². The lowest BCUT2D eigenvalue weighted by molar-refractivity contribution is -0.133. The van der Waals surface area contributed by atoms with Crippen molar-refractivity contribution in [1.29, 1.82) is 0 Å². The summed E-state index contributed by atoms with van der Waals surface area (Å²) in [5.74, 6) is -0.963. The fourth-order valence-electron chi connectivity index (χ4n) is 5.48. The molecule has 1 aromatic heterocycles.